The summed E-state index contributed by atoms with van der Waals surface area (Å²) < 4.78 is 16.0. The van der Waals surface area contributed by atoms with Crippen molar-refractivity contribution in [3.63, 3.8) is 0 Å². The summed E-state index contributed by atoms with van der Waals surface area (Å²) in [7, 11) is 4.63. The molecule has 1 amide bonds. The lowest BCUT2D eigenvalue weighted by atomic mass is 10.1. The Morgan fingerprint density at radius 3 is 2.48 bits per heavy atom. The molecule has 0 aliphatic heterocycles. The van der Waals surface area contributed by atoms with E-state index >= 15 is 0 Å². The van der Waals surface area contributed by atoms with Crippen molar-refractivity contribution in [1.29, 1.82) is 0 Å². The zero-order valence-corrected chi connectivity index (χ0v) is 18.8. The molecule has 29 heavy (non-hydrogen) atoms. The SMILES string of the molecule is COc1ccc(/C=C/C(=O)NCCSCc2ccc(Cl)cc2Cl)c(OC)c1OC. The largest absolute Gasteiger partial charge is 0.493 e. The highest BCUT2D eigenvalue weighted by Crippen LogP contribution is 2.40. The predicted octanol–water partition coefficient (Wildman–Crippen LogP) is 5.08. The van der Waals surface area contributed by atoms with Gasteiger partial charge in [-0.3, -0.25) is 4.79 Å². The highest BCUT2D eigenvalue weighted by Gasteiger charge is 2.14. The van der Waals surface area contributed by atoms with Crippen molar-refractivity contribution >= 4 is 46.9 Å². The Morgan fingerprint density at radius 2 is 1.83 bits per heavy atom. The lowest BCUT2D eigenvalue weighted by molar-refractivity contribution is -0.116. The molecule has 0 bridgehead atoms. The maximum Gasteiger partial charge on any atom is 0.244 e. The van der Waals surface area contributed by atoms with E-state index in [1.54, 1.807) is 50.3 Å². The fourth-order valence-electron chi connectivity index (χ4n) is 2.55. The minimum Gasteiger partial charge on any atom is -0.493 e. The van der Waals surface area contributed by atoms with Gasteiger partial charge < -0.3 is 19.5 Å². The van der Waals surface area contributed by atoms with Gasteiger partial charge in [0.2, 0.25) is 11.7 Å². The molecule has 0 aliphatic rings. The smallest absolute Gasteiger partial charge is 0.244 e. The number of thioether (sulfide) groups is 1. The summed E-state index contributed by atoms with van der Waals surface area (Å²) in [6.07, 6.45) is 3.14. The third-order valence-corrected chi connectivity index (χ3v) is 5.56. The second-order valence-corrected chi connectivity index (χ2v) is 7.79. The first-order valence-electron chi connectivity index (χ1n) is 8.76. The second kappa shape index (κ2) is 11.9. The number of rotatable bonds is 10. The van der Waals surface area contributed by atoms with Crippen molar-refractivity contribution in [3.05, 3.63) is 57.6 Å². The van der Waals surface area contributed by atoms with Crippen LogP contribution < -0.4 is 19.5 Å². The van der Waals surface area contributed by atoms with Crippen LogP contribution in [-0.4, -0.2) is 39.5 Å². The number of carbonyl (C=O) groups excluding carboxylic acids is 1. The molecule has 0 atom stereocenters. The van der Waals surface area contributed by atoms with Crippen LogP contribution in [0.25, 0.3) is 6.08 Å². The topological polar surface area (TPSA) is 56.8 Å². The van der Waals surface area contributed by atoms with Gasteiger partial charge in [-0.1, -0.05) is 29.3 Å². The Hall–Kier alpha value is -2.02. The van der Waals surface area contributed by atoms with E-state index in [9.17, 15) is 4.79 Å². The molecule has 0 aliphatic carbocycles. The van der Waals surface area contributed by atoms with Crippen LogP contribution in [-0.2, 0) is 10.5 Å². The van der Waals surface area contributed by atoms with Crippen molar-refractivity contribution in [2.24, 2.45) is 0 Å². The van der Waals surface area contributed by atoms with E-state index in [-0.39, 0.29) is 5.91 Å². The maximum absolute atomic E-state index is 12.1. The van der Waals surface area contributed by atoms with Crippen LogP contribution in [0.15, 0.2) is 36.4 Å². The van der Waals surface area contributed by atoms with E-state index in [1.807, 2.05) is 12.1 Å². The van der Waals surface area contributed by atoms with Gasteiger partial charge in [0.15, 0.2) is 11.5 Å². The Labute approximate surface area is 185 Å². The summed E-state index contributed by atoms with van der Waals surface area (Å²) in [5, 5.41) is 4.13. The van der Waals surface area contributed by atoms with E-state index in [1.165, 1.54) is 13.2 Å². The van der Waals surface area contributed by atoms with Crippen molar-refractivity contribution in [1.82, 2.24) is 5.32 Å². The van der Waals surface area contributed by atoms with Crippen LogP contribution in [0.5, 0.6) is 17.2 Å². The van der Waals surface area contributed by atoms with Crippen molar-refractivity contribution in [2.75, 3.05) is 33.6 Å². The summed E-state index contributed by atoms with van der Waals surface area (Å²) >= 11 is 13.7. The second-order valence-electron chi connectivity index (χ2n) is 5.84. The van der Waals surface area contributed by atoms with E-state index in [0.717, 1.165) is 17.1 Å². The zero-order chi connectivity index (χ0) is 21.2. The maximum atomic E-state index is 12.1. The van der Waals surface area contributed by atoms with Crippen molar-refractivity contribution in [2.45, 2.75) is 5.75 Å². The summed E-state index contributed by atoms with van der Waals surface area (Å²) in [6.45, 7) is 0.544. The van der Waals surface area contributed by atoms with E-state index in [0.29, 0.717) is 39.4 Å². The average Bonchev–Trinajstić information content (AvgIpc) is 2.72. The summed E-state index contributed by atoms with van der Waals surface area (Å²) in [5.41, 5.74) is 1.74. The molecule has 156 valence electrons. The normalized spacial score (nSPS) is 10.8. The van der Waals surface area contributed by atoms with Crippen LogP contribution in [0.3, 0.4) is 0 Å². The first-order valence-corrected chi connectivity index (χ1v) is 10.7. The lowest BCUT2D eigenvalue weighted by Crippen LogP contribution is -2.23. The van der Waals surface area contributed by atoms with E-state index in [2.05, 4.69) is 5.32 Å². The van der Waals surface area contributed by atoms with Crippen molar-refractivity contribution in [3.8, 4) is 17.2 Å². The predicted molar refractivity (Wildman–Crippen MR) is 121 cm³/mol. The van der Waals surface area contributed by atoms with Gasteiger partial charge in [0.1, 0.15) is 0 Å². The molecule has 0 fully saturated rings. The summed E-state index contributed by atoms with van der Waals surface area (Å²) in [5.74, 6) is 2.87. The number of ether oxygens (including phenoxy) is 3. The fraction of sp³-hybridized carbons (Fsp3) is 0.286. The van der Waals surface area contributed by atoms with Crippen LogP contribution in [0.1, 0.15) is 11.1 Å². The lowest BCUT2D eigenvalue weighted by Gasteiger charge is -2.13. The zero-order valence-electron chi connectivity index (χ0n) is 16.5. The molecule has 2 aromatic rings. The molecule has 0 heterocycles. The molecule has 2 aromatic carbocycles. The molecule has 0 saturated carbocycles. The molecule has 5 nitrogen and oxygen atoms in total. The number of methoxy groups -OCH3 is 3. The summed E-state index contributed by atoms with van der Waals surface area (Å²) in [6, 6.07) is 9.02. The highest BCUT2D eigenvalue weighted by molar-refractivity contribution is 7.98. The van der Waals surface area contributed by atoms with Gasteiger partial charge in [-0.05, 0) is 35.9 Å². The summed E-state index contributed by atoms with van der Waals surface area (Å²) in [4.78, 5) is 12.1. The molecule has 1 N–H and O–H groups in total. The van der Waals surface area contributed by atoms with Crippen LogP contribution >= 0.6 is 35.0 Å². The van der Waals surface area contributed by atoms with Gasteiger partial charge in [0.25, 0.3) is 0 Å². The number of benzene rings is 2. The van der Waals surface area contributed by atoms with Crippen LogP contribution in [0.2, 0.25) is 10.0 Å². The van der Waals surface area contributed by atoms with Gasteiger partial charge in [0.05, 0.1) is 21.3 Å². The number of nitrogens with one attached hydrogen (secondary N) is 1. The minimum absolute atomic E-state index is 0.188. The monoisotopic (exact) mass is 455 g/mol. The molecular weight excluding hydrogens is 433 g/mol. The molecule has 2 rings (SSSR count). The average molecular weight is 456 g/mol. The fourth-order valence-corrected chi connectivity index (χ4v) is 3.96. The van der Waals surface area contributed by atoms with Crippen LogP contribution in [0.4, 0.5) is 0 Å². The Balaban J connectivity index is 1.84. The number of halogens is 2. The van der Waals surface area contributed by atoms with Gasteiger partial charge in [-0.15, -0.1) is 0 Å². The van der Waals surface area contributed by atoms with Crippen LogP contribution in [0, 0.1) is 0 Å². The van der Waals surface area contributed by atoms with Gasteiger partial charge in [-0.2, -0.15) is 11.8 Å². The molecule has 8 heteroatoms. The number of carbonyl (C=O) groups is 1. The number of hydrogen-bond donors (Lipinski definition) is 1. The molecule has 0 spiro atoms. The molecular formula is C21H23Cl2NO4S. The molecule has 0 saturated heterocycles. The van der Waals surface area contributed by atoms with Gasteiger partial charge in [-0.25, -0.2) is 0 Å². The minimum atomic E-state index is -0.188. The first-order chi connectivity index (χ1) is 14.0. The number of hydrogen-bond acceptors (Lipinski definition) is 5. The Bertz CT molecular complexity index is 874. The molecule has 0 unspecified atom stereocenters. The van der Waals surface area contributed by atoms with E-state index in [4.69, 9.17) is 37.4 Å². The van der Waals surface area contributed by atoms with Gasteiger partial charge >= 0.3 is 0 Å². The first kappa shape index (κ1) is 23.3. The third kappa shape index (κ3) is 6.77. The Morgan fingerprint density at radius 1 is 1.07 bits per heavy atom. The number of amides is 1. The molecule has 0 radical (unpaired) electrons. The molecule has 0 aromatic heterocycles. The third-order valence-electron chi connectivity index (χ3n) is 3.97. The van der Waals surface area contributed by atoms with E-state index < -0.39 is 0 Å². The highest BCUT2D eigenvalue weighted by atomic mass is 35.5. The van der Waals surface area contributed by atoms with Crippen molar-refractivity contribution < 1.29 is 19.0 Å². The Kier molecular flexibility index (Phi) is 9.51. The standard InChI is InChI=1S/C21H23Cl2NO4S/c1-26-18-8-5-14(20(27-2)21(18)28-3)6-9-19(25)24-10-11-29-13-15-4-7-16(22)12-17(15)23/h4-9,12H,10-11,13H2,1-3H3,(H,24,25)/b9-6+. The van der Waals surface area contributed by atoms with Gasteiger partial charge in [0, 0.05) is 39.7 Å². The quantitative estimate of drug-likeness (QED) is 0.399.